The van der Waals surface area contributed by atoms with E-state index >= 15 is 0 Å². The molecule has 0 spiro atoms. The average molecular weight is 695 g/mol. The summed E-state index contributed by atoms with van der Waals surface area (Å²) in [5.41, 5.74) is 1.23. The molecule has 0 amide bonds. The fourth-order valence-electron chi connectivity index (χ4n) is 5.26. The molecule has 10 atom stereocenters. The van der Waals surface area contributed by atoms with Gasteiger partial charge in [0.25, 0.3) is 0 Å². The van der Waals surface area contributed by atoms with Crippen LogP contribution in [0.4, 0.5) is 0 Å². The van der Waals surface area contributed by atoms with E-state index in [1.807, 2.05) is 0 Å². The van der Waals surface area contributed by atoms with Crippen molar-refractivity contribution < 1.29 is 78.1 Å². The molecule has 0 radical (unpaired) electrons. The molecule has 2 saturated heterocycles. The third kappa shape index (κ3) is 9.58. The van der Waals surface area contributed by atoms with Gasteiger partial charge in [-0.3, -0.25) is 4.79 Å². The van der Waals surface area contributed by atoms with Crippen molar-refractivity contribution in [2.75, 3.05) is 27.4 Å². The summed E-state index contributed by atoms with van der Waals surface area (Å²) in [5.74, 6) is -1.31. The molecule has 16 nitrogen and oxygen atoms in total. The van der Waals surface area contributed by atoms with Gasteiger partial charge in [0.05, 0.1) is 26.9 Å². The number of aliphatic hydroxyl groups is 4. The predicted molar refractivity (Wildman–Crippen MR) is 166 cm³/mol. The first-order chi connectivity index (χ1) is 23.3. The van der Waals surface area contributed by atoms with Gasteiger partial charge in [-0.05, 0) is 54.8 Å². The molecule has 2 aromatic carbocycles. The van der Waals surface area contributed by atoms with Crippen LogP contribution >= 0.6 is 0 Å². The van der Waals surface area contributed by atoms with Crippen molar-refractivity contribution in [1.82, 2.24) is 0 Å². The number of phenolic OH excluding ortho intramolecular Hbond substituents is 2. The van der Waals surface area contributed by atoms with Gasteiger partial charge in [-0.15, -0.1) is 0 Å². The maximum atomic E-state index is 12.6. The van der Waals surface area contributed by atoms with Crippen LogP contribution in [0.3, 0.4) is 0 Å². The quantitative estimate of drug-likeness (QED) is 0.121. The fraction of sp³-hybridized carbons (Fsp3) is 0.515. The lowest BCUT2D eigenvalue weighted by molar-refractivity contribution is -0.357. The first kappa shape index (κ1) is 37.8. The van der Waals surface area contributed by atoms with Gasteiger partial charge in [-0.25, -0.2) is 4.79 Å². The second-order valence-corrected chi connectivity index (χ2v) is 11.4. The topological polar surface area (TPSA) is 229 Å². The van der Waals surface area contributed by atoms with Crippen LogP contribution in [0.1, 0.15) is 25.0 Å². The summed E-state index contributed by atoms with van der Waals surface area (Å²) in [6.45, 7) is 1.99. The van der Waals surface area contributed by atoms with Gasteiger partial charge >= 0.3 is 11.9 Å². The van der Waals surface area contributed by atoms with Crippen molar-refractivity contribution in [2.24, 2.45) is 0 Å². The van der Waals surface area contributed by atoms with Gasteiger partial charge in [0.1, 0.15) is 43.2 Å². The largest absolute Gasteiger partial charge is 0.504 e. The number of hydrogen-bond acceptors (Lipinski definition) is 16. The highest BCUT2D eigenvalue weighted by atomic mass is 16.7. The minimum atomic E-state index is -1.76. The molecule has 2 fully saturated rings. The second kappa shape index (κ2) is 17.1. The molecule has 2 aromatic rings. The maximum Gasteiger partial charge on any atom is 0.330 e. The van der Waals surface area contributed by atoms with E-state index in [1.165, 1.54) is 45.4 Å². The van der Waals surface area contributed by atoms with Crippen LogP contribution in [0.25, 0.3) is 6.08 Å². The molecular formula is C33H42O16. The number of aliphatic hydroxyl groups excluding tert-OH is 4. The number of benzene rings is 2. The SMILES string of the molecule is COc1cc(/C=C\C(=O)OC[C@H]2O[C@@H](OCCc3ccc(O)c(OC)c3)[C@H](OC(C)=O)[C@@H](O[C@@H]3O[C@@H](C)[C@H](O)[C@@H](O)[C@H]3O)[C@@H]2O)ccc1O. The number of methoxy groups -OCH3 is 2. The Kier molecular flexibility index (Phi) is 13.2. The third-order valence-electron chi connectivity index (χ3n) is 7.94. The molecule has 0 bridgehead atoms. The number of rotatable bonds is 13. The monoisotopic (exact) mass is 694 g/mol. The van der Waals surface area contributed by atoms with E-state index < -0.39 is 80.0 Å². The highest BCUT2D eigenvalue weighted by Gasteiger charge is 2.52. The van der Waals surface area contributed by atoms with Gasteiger partial charge in [0.15, 0.2) is 41.7 Å². The van der Waals surface area contributed by atoms with E-state index in [0.717, 1.165) is 13.0 Å². The molecule has 16 heteroatoms. The standard InChI is InChI=1S/C33H42O16/c1-16-26(38)28(40)29(41)32(46-16)49-30-27(39)24(15-45-25(37)10-7-18-5-8-20(35)22(13-18)42-3)48-33(31(30)47-17(2)34)44-12-11-19-6-9-21(36)23(14-19)43-4/h5-10,13-14,16,24,26-33,35-36,38-41H,11-12,15H2,1-4H3/b10-7-/t16-,24+,26-,27+,28+,29+,30-,31+,32-,33+/m0/s1. The van der Waals surface area contributed by atoms with Crippen LogP contribution in [0.15, 0.2) is 42.5 Å². The van der Waals surface area contributed by atoms with E-state index in [2.05, 4.69) is 0 Å². The lowest BCUT2D eigenvalue weighted by Crippen LogP contribution is -2.65. The predicted octanol–water partition coefficient (Wildman–Crippen LogP) is 0.161. The number of esters is 2. The van der Waals surface area contributed by atoms with Gasteiger partial charge in [0.2, 0.25) is 0 Å². The summed E-state index contributed by atoms with van der Waals surface area (Å²) in [6, 6.07) is 9.13. The molecular weight excluding hydrogens is 652 g/mol. The van der Waals surface area contributed by atoms with E-state index in [1.54, 1.807) is 18.2 Å². The minimum absolute atomic E-state index is 0.0327. The minimum Gasteiger partial charge on any atom is -0.504 e. The Morgan fingerprint density at radius 3 is 2.18 bits per heavy atom. The molecule has 4 rings (SSSR count). The Morgan fingerprint density at radius 2 is 1.51 bits per heavy atom. The summed E-state index contributed by atoms with van der Waals surface area (Å²) in [4.78, 5) is 24.8. The van der Waals surface area contributed by atoms with Gasteiger partial charge in [0, 0.05) is 13.0 Å². The Labute approximate surface area is 281 Å². The van der Waals surface area contributed by atoms with E-state index in [4.69, 9.17) is 37.9 Å². The van der Waals surface area contributed by atoms with Crippen LogP contribution in [0.2, 0.25) is 0 Å². The molecule has 2 aliphatic heterocycles. The summed E-state index contributed by atoms with van der Waals surface area (Å²) in [6.07, 6.45) is -12.0. The molecule has 49 heavy (non-hydrogen) atoms. The summed E-state index contributed by atoms with van der Waals surface area (Å²) >= 11 is 0. The molecule has 0 saturated carbocycles. The number of ether oxygens (including phenoxy) is 8. The summed E-state index contributed by atoms with van der Waals surface area (Å²) < 4.78 is 44.4. The number of carbonyl (C=O) groups is 2. The number of hydrogen-bond donors (Lipinski definition) is 6. The van der Waals surface area contributed by atoms with E-state index in [0.29, 0.717) is 11.1 Å². The molecule has 0 aliphatic carbocycles. The smallest absolute Gasteiger partial charge is 0.330 e. The van der Waals surface area contributed by atoms with Gasteiger partial charge in [-0.1, -0.05) is 12.1 Å². The fourth-order valence-corrected chi connectivity index (χ4v) is 5.26. The molecule has 2 aliphatic rings. The van der Waals surface area contributed by atoms with Crippen LogP contribution in [-0.4, -0.2) is 131 Å². The van der Waals surface area contributed by atoms with Crippen LogP contribution < -0.4 is 9.47 Å². The number of phenols is 2. The van der Waals surface area contributed by atoms with E-state index in [-0.39, 0.29) is 36.0 Å². The Hall–Kier alpha value is -4.00. The van der Waals surface area contributed by atoms with Crippen LogP contribution in [0.5, 0.6) is 23.0 Å². The second-order valence-electron chi connectivity index (χ2n) is 11.4. The third-order valence-corrected chi connectivity index (χ3v) is 7.94. The van der Waals surface area contributed by atoms with Gasteiger partial charge in [-0.2, -0.15) is 0 Å². The molecule has 0 unspecified atom stereocenters. The summed E-state index contributed by atoms with van der Waals surface area (Å²) in [5, 5.41) is 62.1. The van der Waals surface area contributed by atoms with Crippen molar-refractivity contribution in [3.8, 4) is 23.0 Å². The molecule has 6 N–H and O–H groups in total. The number of carbonyl (C=O) groups excluding carboxylic acids is 2. The normalized spacial score (nSPS) is 30.1. The number of aromatic hydroxyl groups is 2. The van der Waals surface area contributed by atoms with Crippen LogP contribution in [-0.2, 0) is 44.4 Å². The highest BCUT2D eigenvalue weighted by Crippen LogP contribution is 2.32. The van der Waals surface area contributed by atoms with Crippen molar-refractivity contribution >= 4 is 18.0 Å². The zero-order chi connectivity index (χ0) is 35.8. The Bertz CT molecular complexity index is 1450. The average Bonchev–Trinajstić information content (AvgIpc) is 3.08. The zero-order valence-electron chi connectivity index (χ0n) is 27.3. The Balaban J connectivity index is 1.53. The summed E-state index contributed by atoms with van der Waals surface area (Å²) in [7, 11) is 2.78. The zero-order valence-corrected chi connectivity index (χ0v) is 27.3. The van der Waals surface area contributed by atoms with Gasteiger partial charge < -0.3 is 68.5 Å². The highest BCUT2D eigenvalue weighted by molar-refractivity contribution is 5.87. The maximum absolute atomic E-state index is 12.6. The van der Waals surface area contributed by atoms with Crippen molar-refractivity contribution in [2.45, 2.75) is 81.7 Å². The molecule has 2 heterocycles. The lowest BCUT2D eigenvalue weighted by Gasteiger charge is -2.46. The lowest BCUT2D eigenvalue weighted by atomic mass is 9.97. The van der Waals surface area contributed by atoms with Crippen molar-refractivity contribution in [3.63, 3.8) is 0 Å². The van der Waals surface area contributed by atoms with Crippen molar-refractivity contribution in [3.05, 3.63) is 53.6 Å². The molecule has 270 valence electrons. The first-order valence-corrected chi connectivity index (χ1v) is 15.4. The van der Waals surface area contributed by atoms with E-state index in [9.17, 15) is 40.2 Å². The first-order valence-electron chi connectivity index (χ1n) is 15.4. The van der Waals surface area contributed by atoms with Crippen molar-refractivity contribution in [1.29, 1.82) is 0 Å². The Morgan fingerprint density at radius 1 is 0.837 bits per heavy atom. The molecule has 0 aromatic heterocycles. The van der Waals surface area contributed by atoms with Crippen LogP contribution in [0, 0.1) is 0 Å².